The van der Waals surface area contributed by atoms with Crippen molar-refractivity contribution in [1.82, 2.24) is 5.32 Å². The third-order valence-electron chi connectivity index (χ3n) is 2.98. The van der Waals surface area contributed by atoms with Crippen LogP contribution in [0.4, 0.5) is 0 Å². The van der Waals surface area contributed by atoms with Gasteiger partial charge in [0, 0.05) is 6.54 Å². The highest BCUT2D eigenvalue weighted by Gasteiger charge is 2.09. The lowest BCUT2D eigenvalue weighted by Gasteiger charge is -2.13. The highest BCUT2D eigenvalue weighted by atomic mass is 79.9. The van der Waals surface area contributed by atoms with E-state index in [1.807, 2.05) is 55.6 Å². The summed E-state index contributed by atoms with van der Waals surface area (Å²) in [7, 11) is 1.82. The summed E-state index contributed by atoms with van der Waals surface area (Å²) in [5.41, 5.74) is 1.98. The molecule has 2 aromatic carbocycles. The van der Waals surface area contributed by atoms with Gasteiger partial charge in [0.25, 0.3) is 0 Å². The van der Waals surface area contributed by atoms with Crippen LogP contribution >= 0.6 is 15.9 Å². The number of benzene rings is 2. The van der Waals surface area contributed by atoms with Gasteiger partial charge < -0.3 is 15.2 Å². The maximum absolute atomic E-state index is 9.92. The van der Waals surface area contributed by atoms with E-state index in [9.17, 15) is 5.11 Å². The number of rotatable bonds is 6. The number of hydrogen-bond acceptors (Lipinski definition) is 3. The predicted octanol–water partition coefficient (Wildman–Crippen LogP) is 3.28. The van der Waals surface area contributed by atoms with Crippen LogP contribution in [0, 0.1) is 0 Å². The summed E-state index contributed by atoms with van der Waals surface area (Å²) in [6.45, 7) is 1.05. The fourth-order valence-corrected chi connectivity index (χ4v) is 2.40. The van der Waals surface area contributed by atoms with Gasteiger partial charge in [-0.15, -0.1) is 0 Å². The first-order valence-corrected chi connectivity index (χ1v) is 7.29. The largest absolute Gasteiger partial charge is 0.488 e. The molecule has 0 aromatic heterocycles. The average Bonchev–Trinajstić information content (AvgIpc) is 2.47. The van der Waals surface area contributed by atoms with Crippen LogP contribution in [-0.2, 0) is 6.61 Å². The molecule has 0 spiro atoms. The molecule has 0 bridgehead atoms. The Labute approximate surface area is 127 Å². The molecule has 0 aliphatic rings. The first kappa shape index (κ1) is 15.0. The number of aliphatic hydroxyl groups excluding tert-OH is 1. The van der Waals surface area contributed by atoms with Crippen molar-refractivity contribution in [3.8, 4) is 5.75 Å². The quantitative estimate of drug-likeness (QED) is 0.851. The molecule has 0 amide bonds. The van der Waals surface area contributed by atoms with Crippen molar-refractivity contribution in [2.75, 3.05) is 13.6 Å². The van der Waals surface area contributed by atoms with Gasteiger partial charge in [0.2, 0.25) is 0 Å². The van der Waals surface area contributed by atoms with Crippen molar-refractivity contribution >= 4 is 15.9 Å². The molecule has 0 heterocycles. The Morgan fingerprint density at radius 2 is 1.95 bits per heavy atom. The standard InChI is InChI=1S/C16H18BrNO2/c1-18-10-15(19)13-7-8-16(14(17)9-13)20-11-12-5-3-2-4-6-12/h2-9,15,18-19H,10-11H2,1H3. The van der Waals surface area contributed by atoms with E-state index in [-0.39, 0.29) is 0 Å². The van der Waals surface area contributed by atoms with Crippen molar-refractivity contribution in [2.24, 2.45) is 0 Å². The first-order valence-electron chi connectivity index (χ1n) is 6.49. The maximum Gasteiger partial charge on any atom is 0.134 e. The van der Waals surface area contributed by atoms with Gasteiger partial charge in [0.1, 0.15) is 12.4 Å². The van der Waals surface area contributed by atoms with E-state index in [0.29, 0.717) is 13.2 Å². The second-order valence-electron chi connectivity index (χ2n) is 4.54. The van der Waals surface area contributed by atoms with Crippen LogP contribution < -0.4 is 10.1 Å². The van der Waals surface area contributed by atoms with Crippen molar-refractivity contribution in [1.29, 1.82) is 0 Å². The summed E-state index contributed by atoms with van der Waals surface area (Å²) >= 11 is 3.48. The molecule has 0 saturated carbocycles. The highest BCUT2D eigenvalue weighted by Crippen LogP contribution is 2.29. The van der Waals surface area contributed by atoms with Gasteiger partial charge in [0.05, 0.1) is 10.6 Å². The second-order valence-corrected chi connectivity index (χ2v) is 5.39. The van der Waals surface area contributed by atoms with Crippen LogP contribution in [0.5, 0.6) is 5.75 Å². The zero-order chi connectivity index (χ0) is 14.4. The van der Waals surface area contributed by atoms with Crippen molar-refractivity contribution in [3.63, 3.8) is 0 Å². The number of aliphatic hydroxyl groups is 1. The van der Waals surface area contributed by atoms with E-state index < -0.39 is 6.10 Å². The molecule has 3 nitrogen and oxygen atoms in total. The van der Waals surface area contributed by atoms with Crippen molar-refractivity contribution < 1.29 is 9.84 Å². The molecule has 0 aliphatic heterocycles. The van der Waals surface area contributed by atoms with Gasteiger partial charge in [-0.1, -0.05) is 36.4 Å². The lowest BCUT2D eigenvalue weighted by atomic mass is 10.1. The smallest absolute Gasteiger partial charge is 0.134 e. The van der Waals surface area contributed by atoms with Gasteiger partial charge in [0.15, 0.2) is 0 Å². The SMILES string of the molecule is CNCC(O)c1ccc(OCc2ccccc2)c(Br)c1. The Balaban J connectivity index is 2.02. The van der Waals surface area contributed by atoms with Gasteiger partial charge >= 0.3 is 0 Å². The Hall–Kier alpha value is -1.36. The van der Waals surface area contributed by atoms with Crippen LogP contribution in [0.15, 0.2) is 53.0 Å². The van der Waals surface area contributed by atoms with Crippen LogP contribution in [0.1, 0.15) is 17.2 Å². The molecule has 0 radical (unpaired) electrons. The molecule has 0 saturated heterocycles. The molecule has 0 fully saturated rings. The van der Waals surface area contributed by atoms with E-state index in [1.54, 1.807) is 0 Å². The van der Waals surface area contributed by atoms with Crippen molar-refractivity contribution in [2.45, 2.75) is 12.7 Å². The van der Waals surface area contributed by atoms with Crippen molar-refractivity contribution in [3.05, 3.63) is 64.1 Å². The third-order valence-corrected chi connectivity index (χ3v) is 3.60. The maximum atomic E-state index is 9.92. The van der Waals surface area contributed by atoms with Crippen LogP contribution in [0.3, 0.4) is 0 Å². The lowest BCUT2D eigenvalue weighted by molar-refractivity contribution is 0.177. The Bertz CT molecular complexity index is 545. The van der Waals surface area contributed by atoms with E-state index in [4.69, 9.17) is 4.74 Å². The highest BCUT2D eigenvalue weighted by molar-refractivity contribution is 9.10. The summed E-state index contributed by atoms with van der Waals surface area (Å²) in [6.07, 6.45) is -0.514. The van der Waals surface area contributed by atoms with Crippen LogP contribution in [-0.4, -0.2) is 18.7 Å². The number of likely N-dealkylation sites (N-methyl/N-ethyl adjacent to an activating group) is 1. The summed E-state index contributed by atoms with van der Waals surface area (Å²) in [5.74, 6) is 0.772. The summed E-state index contributed by atoms with van der Waals surface area (Å²) in [5, 5.41) is 12.9. The fraction of sp³-hybridized carbons (Fsp3) is 0.250. The monoisotopic (exact) mass is 335 g/mol. The summed E-state index contributed by atoms with van der Waals surface area (Å²) < 4.78 is 6.62. The van der Waals surface area contributed by atoms with Gasteiger partial charge in [-0.3, -0.25) is 0 Å². The molecule has 20 heavy (non-hydrogen) atoms. The lowest BCUT2D eigenvalue weighted by Crippen LogP contribution is -2.16. The number of nitrogens with one attached hydrogen (secondary N) is 1. The van der Waals surface area contributed by atoms with Gasteiger partial charge in [-0.05, 0) is 46.2 Å². The van der Waals surface area contributed by atoms with E-state index in [0.717, 1.165) is 21.3 Å². The van der Waals surface area contributed by atoms with Crippen LogP contribution in [0.2, 0.25) is 0 Å². The summed E-state index contributed by atoms with van der Waals surface area (Å²) in [6, 6.07) is 15.7. The Morgan fingerprint density at radius 1 is 1.20 bits per heavy atom. The number of halogens is 1. The normalized spacial score (nSPS) is 12.2. The zero-order valence-electron chi connectivity index (χ0n) is 11.3. The fourth-order valence-electron chi connectivity index (χ4n) is 1.89. The molecule has 4 heteroatoms. The molecule has 1 atom stereocenters. The molecular formula is C16H18BrNO2. The molecular weight excluding hydrogens is 318 g/mol. The van der Waals surface area contributed by atoms with Crippen LogP contribution in [0.25, 0.3) is 0 Å². The number of ether oxygens (including phenoxy) is 1. The molecule has 0 aliphatic carbocycles. The number of hydrogen-bond donors (Lipinski definition) is 2. The Kier molecular flexibility index (Phi) is 5.59. The topological polar surface area (TPSA) is 41.5 Å². The zero-order valence-corrected chi connectivity index (χ0v) is 12.9. The molecule has 2 rings (SSSR count). The van der Waals surface area contributed by atoms with Gasteiger partial charge in [-0.25, -0.2) is 0 Å². The molecule has 106 valence electrons. The molecule has 2 aromatic rings. The Morgan fingerprint density at radius 3 is 2.60 bits per heavy atom. The first-order chi connectivity index (χ1) is 9.70. The van der Waals surface area contributed by atoms with Gasteiger partial charge in [-0.2, -0.15) is 0 Å². The average molecular weight is 336 g/mol. The van der Waals surface area contributed by atoms with E-state index >= 15 is 0 Å². The second kappa shape index (κ2) is 7.43. The minimum absolute atomic E-state index is 0.514. The third kappa shape index (κ3) is 4.07. The van der Waals surface area contributed by atoms with E-state index in [2.05, 4.69) is 21.2 Å². The molecule has 2 N–H and O–H groups in total. The predicted molar refractivity (Wildman–Crippen MR) is 83.8 cm³/mol. The molecule has 1 unspecified atom stereocenters. The minimum atomic E-state index is -0.514. The van der Waals surface area contributed by atoms with E-state index in [1.165, 1.54) is 0 Å². The minimum Gasteiger partial charge on any atom is -0.488 e. The summed E-state index contributed by atoms with van der Waals surface area (Å²) in [4.78, 5) is 0.